The van der Waals surface area contributed by atoms with Crippen molar-refractivity contribution in [2.24, 2.45) is 0 Å². The lowest BCUT2D eigenvalue weighted by Gasteiger charge is -2.47. The van der Waals surface area contributed by atoms with Crippen molar-refractivity contribution in [3.63, 3.8) is 0 Å². The third-order valence-corrected chi connectivity index (χ3v) is 3.62. The lowest BCUT2D eigenvalue weighted by molar-refractivity contribution is -0.121. The van der Waals surface area contributed by atoms with Gasteiger partial charge in [0.2, 0.25) is 5.91 Å². The SMILES string of the molecule is COCCNCC(=O)NCC1(N(C)C)CCC1. The van der Waals surface area contributed by atoms with E-state index >= 15 is 0 Å². The van der Waals surface area contributed by atoms with E-state index in [1.54, 1.807) is 7.11 Å². The topological polar surface area (TPSA) is 53.6 Å². The summed E-state index contributed by atoms with van der Waals surface area (Å²) in [7, 11) is 5.82. The maximum Gasteiger partial charge on any atom is 0.234 e. The number of ether oxygens (including phenoxy) is 1. The Balaban J connectivity index is 2.14. The first kappa shape index (κ1) is 14.4. The normalized spacial score (nSPS) is 17.9. The third-order valence-electron chi connectivity index (χ3n) is 3.62. The largest absolute Gasteiger partial charge is 0.383 e. The van der Waals surface area contributed by atoms with Crippen LogP contribution in [0.25, 0.3) is 0 Å². The predicted octanol–water partition coefficient (Wildman–Crippen LogP) is -0.177. The highest BCUT2D eigenvalue weighted by Crippen LogP contribution is 2.35. The molecule has 0 heterocycles. The minimum absolute atomic E-state index is 0.0641. The predicted molar refractivity (Wildman–Crippen MR) is 68.0 cm³/mol. The monoisotopic (exact) mass is 243 g/mol. The van der Waals surface area contributed by atoms with Crippen LogP contribution in [0.3, 0.4) is 0 Å². The molecule has 5 nitrogen and oxygen atoms in total. The molecule has 0 radical (unpaired) electrons. The van der Waals surface area contributed by atoms with E-state index in [4.69, 9.17) is 4.74 Å². The highest BCUT2D eigenvalue weighted by molar-refractivity contribution is 5.78. The van der Waals surface area contributed by atoms with E-state index < -0.39 is 0 Å². The fourth-order valence-corrected chi connectivity index (χ4v) is 2.07. The Morgan fingerprint density at radius 3 is 2.59 bits per heavy atom. The first-order valence-electron chi connectivity index (χ1n) is 6.24. The summed E-state index contributed by atoms with van der Waals surface area (Å²) in [5.74, 6) is 0.0641. The van der Waals surface area contributed by atoms with Crippen LogP contribution in [0.5, 0.6) is 0 Å². The summed E-state index contributed by atoms with van der Waals surface area (Å²) in [6.07, 6.45) is 3.62. The molecular formula is C12H25N3O2. The van der Waals surface area contributed by atoms with Crippen molar-refractivity contribution >= 4 is 5.91 Å². The number of carbonyl (C=O) groups is 1. The molecule has 1 amide bonds. The number of amides is 1. The van der Waals surface area contributed by atoms with Gasteiger partial charge in [-0.25, -0.2) is 0 Å². The lowest BCUT2D eigenvalue weighted by atomic mass is 9.75. The van der Waals surface area contributed by atoms with Crippen molar-refractivity contribution in [2.45, 2.75) is 24.8 Å². The third kappa shape index (κ3) is 4.26. The molecule has 0 aromatic heterocycles. The Morgan fingerprint density at radius 1 is 1.41 bits per heavy atom. The minimum atomic E-state index is 0.0641. The highest BCUT2D eigenvalue weighted by atomic mass is 16.5. The molecule has 1 aliphatic rings. The van der Waals surface area contributed by atoms with E-state index in [1.807, 2.05) is 0 Å². The zero-order valence-electron chi connectivity index (χ0n) is 11.2. The fourth-order valence-electron chi connectivity index (χ4n) is 2.07. The number of hydrogen-bond donors (Lipinski definition) is 2. The number of likely N-dealkylation sites (N-methyl/N-ethyl adjacent to an activating group) is 1. The Kier molecular flexibility index (Phi) is 5.88. The number of nitrogens with zero attached hydrogens (tertiary/aromatic N) is 1. The fraction of sp³-hybridized carbons (Fsp3) is 0.917. The quantitative estimate of drug-likeness (QED) is 0.581. The summed E-state index contributed by atoms with van der Waals surface area (Å²) >= 11 is 0. The van der Waals surface area contributed by atoms with Crippen LogP contribution in [-0.2, 0) is 9.53 Å². The van der Waals surface area contributed by atoms with Crippen LogP contribution in [0.1, 0.15) is 19.3 Å². The number of methoxy groups -OCH3 is 1. The molecule has 1 rings (SSSR count). The molecule has 0 aromatic rings. The zero-order chi connectivity index (χ0) is 12.7. The smallest absolute Gasteiger partial charge is 0.234 e. The second kappa shape index (κ2) is 6.93. The van der Waals surface area contributed by atoms with Gasteiger partial charge in [0.1, 0.15) is 0 Å². The maximum atomic E-state index is 11.6. The van der Waals surface area contributed by atoms with Crippen LogP contribution in [0.2, 0.25) is 0 Å². The van der Waals surface area contributed by atoms with E-state index in [9.17, 15) is 4.79 Å². The van der Waals surface area contributed by atoms with E-state index in [0.29, 0.717) is 19.7 Å². The standard InChI is InChI=1S/C12H25N3O2/c1-15(2)12(5-4-6-12)10-14-11(16)9-13-7-8-17-3/h13H,4-10H2,1-3H3,(H,14,16). The molecule has 17 heavy (non-hydrogen) atoms. The van der Waals surface area contributed by atoms with Gasteiger partial charge in [-0.3, -0.25) is 4.79 Å². The Bertz CT molecular complexity index is 240. The number of hydrogen-bond acceptors (Lipinski definition) is 4. The van der Waals surface area contributed by atoms with E-state index in [-0.39, 0.29) is 11.4 Å². The summed E-state index contributed by atoms with van der Waals surface area (Å²) in [5, 5.41) is 6.04. The molecule has 0 atom stereocenters. The Hall–Kier alpha value is -0.650. The van der Waals surface area contributed by atoms with Gasteiger partial charge in [-0.15, -0.1) is 0 Å². The second-order valence-electron chi connectivity index (χ2n) is 4.92. The maximum absolute atomic E-state index is 11.6. The summed E-state index contributed by atoms with van der Waals surface area (Å²) in [6.45, 7) is 2.47. The van der Waals surface area contributed by atoms with Gasteiger partial charge in [0.05, 0.1) is 13.2 Å². The van der Waals surface area contributed by atoms with Gasteiger partial charge in [-0.05, 0) is 33.4 Å². The average Bonchev–Trinajstić information content (AvgIpc) is 2.22. The molecule has 0 aromatic carbocycles. The minimum Gasteiger partial charge on any atom is -0.383 e. The summed E-state index contributed by atoms with van der Waals surface area (Å²) in [6, 6.07) is 0. The second-order valence-corrected chi connectivity index (χ2v) is 4.92. The van der Waals surface area contributed by atoms with E-state index in [2.05, 4.69) is 29.6 Å². The Morgan fingerprint density at radius 2 is 2.12 bits per heavy atom. The van der Waals surface area contributed by atoms with Crippen molar-refractivity contribution in [1.29, 1.82) is 0 Å². The van der Waals surface area contributed by atoms with Crippen molar-refractivity contribution in [3.8, 4) is 0 Å². The number of carbonyl (C=O) groups excluding carboxylic acids is 1. The molecule has 0 aliphatic heterocycles. The van der Waals surface area contributed by atoms with Crippen LogP contribution in [-0.4, -0.2) is 63.8 Å². The van der Waals surface area contributed by atoms with Crippen molar-refractivity contribution in [1.82, 2.24) is 15.5 Å². The molecule has 2 N–H and O–H groups in total. The highest BCUT2D eigenvalue weighted by Gasteiger charge is 2.38. The summed E-state index contributed by atoms with van der Waals surface area (Å²) < 4.78 is 4.89. The van der Waals surface area contributed by atoms with Gasteiger partial charge in [-0.1, -0.05) is 0 Å². The first-order valence-corrected chi connectivity index (χ1v) is 6.24. The molecule has 0 spiro atoms. The van der Waals surface area contributed by atoms with Gasteiger partial charge in [0.25, 0.3) is 0 Å². The average molecular weight is 243 g/mol. The first-order chi connectivity index (χ1) is 8.10. The molecule has 0 unspecified atom stereocenters. The van der Waals surface area contributed by atoms with Crippen molar-refractivity contribution < 1.29 is 9.53 Å². The summed E-state index contributed by atoms with van der Waals surface area (Å²) in [5.41, 5.74) is 0.197. The molecule has 0 saturated heterocycles. The van der Waals surface area contributed by atoms with Crippen molar-refractivity contribution in [3.05, 3.63) is 0 Å². The van der Waals surface area contributed by atoms with E-state index in [0.717, 1.165) is 6.54 Å². The van der Waals surface area contributed by atoms with Gasteiger partial charge in [-0.2, -0.15) is 0 Å². The Labute approximate surface area is 104 Å². The van der Waals surface area contributed by atoms with Crippen LogP contribution in [0.15, 0.2) is 0 Å². The van der Waals surface area contributed by atoms with E-state index in [1.165, 1.54) is 19.3 Å². The van der Waals surface area contributed by atoms with Crippen molar-refractivity contribution in [2.75, 3.05) is 47.4 Å². The van der Waals surface area contributed by atoms with Crippen LogP contribution < -0.4 is 10.6 Å². The van der Waals surface area contributed by atoms with Gasteiger partial charge >= 0.3 is 0 Å². The lowest BCUT2D eigenvalue weighted by Crippen LogP contribution is -2.57. The number of nitrogens with one attached hydrogen (secondary N) is 2. The van der Waals surface area contributed by atoms with Crippen LogP contribution >= 0.6 is 0 Å². The molecule has 1 saturated carbocycles. The van der Waals surface area contributed by atoms with Crippen LogP contribution in [0.4, 0.5) is 0 Å². The number of rotatable bonds is 8. The summed E-state index contributed by atoms with van der Waals surface area (Å²) in [4.78, 5) is 13.8. The molecule has 1 aliphatic carbocycles. The van der Waals surface area contributed by atoms with Gasteiger partial charge < -0.3 is 20.3 Å². The zero-order valence-corrected chi connectivity index (χ0v) is 11.2. The molecular weight excluding hydrogens is 218 g/mol. The molecule has 1 fully saturated rings. The molecule has 100 valence electrons. The molecule has 5 heteroatoms. The van der Waals surface area contributed by atoms with Gasteiger partial charge in [0.15, 0.2) is 0 Å². The molecule has 0 bridgehead atoms. The van der Waals surface area contributed by atoms with Crippen LogP contribution in [0, 0.1) is 0 Å². The van der Waals surface area contributed by atoms with Gasteiger partial charge in [0, 0.05) is 25.7 Å².